The van der Waals surface area contributed by atoms with E-state index in [4.69, 9.17) is 5.84 Å². The first kappa shape index (κ1) is 15.7. The van der Waals surface area contributed by atoms with E-state index in [1.54, 1.807) is 0 Å². The predicted octanol–water partition coefficient (Wildman–Crippen LogP) is 2.78. The SMILES string of the molecule is CCn1nc(C)c(Br)c1CC(NN)C(C)(C)CC. The maximum absolute atomic E-state index is 5.74. The fourth-order valence-electron chi connectivity index (χ4n) is 2.06. The van der Waals surface area contributed by atoms with Crippen LogP contribution in [-0.2, 0) is 13.0 Å². The number of hydrazine groups is 1. The molecule has 5 heteroatoms. The van der Waals surface area contributed by atoms with E-state index in [0.717, 1.165) is 29.6 Å². The Morgan fingerprint density at radius 3 is 2.50 bits per heavy atom. The van der Waals surface area contributed by atoms with Gasteiger partial charge in [0, 0.05) is 19.0 Å². The Bertz CT molecular complexity index is 398. The predicted molar refractivity (Wildman–Crippen MR) is 79.2 cm³/mol. The molecule has 1 aromatic heterocycles. The Balaban J connectivity index is 3.02. The van der Waals surface area contributed by atoms with Crippen LogP contribution in [0.5, 0.6) is 0 Å². The van der Waals surface area contributed by atoms with Gasteiger partial charge in [-0.1, -0.05) is 20.8 Å². The molecule has 0 aliphatic carbocycles. The molecule has 1 rings (SSSR count). The lowest BCUT2D eigenvalue weighted by molar-refractivity contribution is 0.228. The molecule has 1 aromatic rings. The van der Waals surface area contributed by atoms with Crippen LogP contribution in [0.4, 0.5) is 0 Å². The van der Waals surface area contributed by atoms with Crippen molar-refractivity contribution < 1.29 is 0 Å². The quantitative estimate of drug-likeness (QED) is 0.626. The van der Waals surface area contributed by atoms with Crippen molar-refractivity contribution in [3.05, 3.63) is 15.9 Å². The molecule has 4 nitrogen and oxygen atoms in total. The van der Waals surface area contributed by atoms with Crippen molar-refractivity contribution in [2.24, 2.45) is 11.3 Å². The molecule has 0 fully saturated rings. The first-order chi connectivity index (χ1) is 8.37. The number of aryl methyl sites for hydroxylation is 2. The summed E-state index contributed by atoms with van der Waals surface area (Å²) >= 11 is 3.64. The molecule has 104 valence electrons. The van der Waals surface area contributed by atoms with E-state index in [-0.39, 0.29) is 11.5 Å². The summed E-state index contributed by atoms with van der Waals surface area (Å²) in [5.74, 6) is 5.74. The molecule has 0 bridgehead atoms. The summed E-state index contributed by atoms with van der Waals surface area (Å²) in [6, 6.07) is 0.236. The van der Waals surface area contributed by atoms with Crippen molar-refractivity contribution in [2.75, 3.05) is 0 Å². The average molecular weight is 317 g/mol. The second kappa shape index (κ2) is 6.17. The van der Waals surface area contributed by atoms with E-state index in [0.29, 0.717) is 0 Å². The minimum absolute atomic E-state index is 0.158. The van der Waals surface area contributed by atoms with Gasteiger partial charge in [-0.2, -0.15) is 5.10 Å². The third kappa shape index (κ3) is 3.13. The third-order valence-electron chi connectivity index (χ3n) is 3.91. The normalized spacial score (nSPS) is 13.9. The first-order valence-electron chi connectivity index (χ1n) is 6.55. The van der Waals surface area contributed by atoms with Crippen molar-refractivity contribution in [1.82, 2.24) is 15.2 Å². The van der Waals surface area contributed by atoms with Crippen LogP contribution in [0.25, 0.3) is 0 Å². The van der Waals surface area contributed by atoms with Crippen LogP contribution in [0.3, 0.4) is 0 Å². The molecule has 0 saturated carbocycles. The molecule has 18 heavy (non-hydrogen) atoms. The fraction of sp³-hybridized carbons (Fsp3) is 0.769. The van der Waals surface area contributed by atoms with E-state index in [1.807, 2.05) is 6.92 Å². The highest BCUT2D eigenvalue weighted by Gasteiger charge is 2.29. The maximum Gasteiger partial charge on any atom is 0.0738 e. The number of nitrogens with zero attached hydrogens (tertiary/aromatic N) is 2. The smallest absolute Gasteiger partial charge is 0.0738 e. The molecule has 0 amide bonds. The van der Waals surface area contributed by atoms with Gasteiger partial charge in [0.15, 0.2) is 0 Å². The maximum atomic E-state index is 5.74. The highest BCUT2D eigenvalue weighted by atomic mass is 79.9. The standard InChI is InChI=1S/C13H25BrN4/c1-6-13(4,5)11(16-15)8-10-12(14)9(3)17-18(10)7-2/h11,16H,6-8,15H2,1-5H3. The van der Waals surface area contributed by atoms with Crippen LogP contribution in [0.2, 0.25) is 0 Å². The largest absolute Gasteiger partial charge is 0.271 e. The van der Waals surface area contributed by atoms with Crippen LogP contribution in [0, 0.1) is 12.3 Å². The van der Waals surface area contributed by atoms with Gasteiger partial charge in [0.05, 0.1) is 15.9 Å². The lowest BCUT2D eigenvalue weighted by Crippen LogP contribution is -2.47. The van der Waals surface area contributed by atoms with Gasteiger partial charge in [0.25, 0.3) is 0 Å². The zero-order valence-electron chi connectivity index (χ0n) is 12.0. The highest BCUT2D eigenvalue weighted by Crippen LogP contribution is 2.30. The second-order valence-corrected chi connectivity index (χ2v) is 6.22. The molecule has 0 aromatic carbocycles. The van der Waals surface area contributed by atoms with Gasteiger partial charge in [0.2, 0.25) is 0 Å². The minimum Gasteiger partial charge on any atom is -0.271 e. The molecule has 0 aliphatic heterocycles. The summed E-state index contributed by atoms with van der Waals surface area (Å²) in [5.41, 5.74) is 5.39. The Morgan fingerprint density at radius 2 is 2.06 bits per heavy atom. The first-order valence-corrected chi connectivity index (χ1v) is 7.34. The molecule has 1 heterocycles. The number of hydrogen-bond donors (Lipinski definition) is 2. The van der Waals surface area contributed by atoms with Crippen LogP contribution >= 0.6 is 15.9 Å². The summed E-state index contributed by atoms with van der Waals surface area (Å²) in [6.45, 7) is 11.7. The average Bonchev–Trinajstić information content (AvgIpc) is 2.62. The van der Waals surface area contributed by atoms with Gasteiger partial charge in [-0.25, -0.2) is 0 Å². The zero-order valence-corrected chi connectivity index (χ0v) is 13.6. The minimum atomic E-state index is 0.158. The molecule has 0 aliphatic rings. The number of aromatic nitrogens is 2. The van der Waals surface area contributed by atoms with Crippen molar-refractivity contribution in [2.45, 2.75) is 60.0 Å². The lowest BCUT2D eigenvalue weighted by Gasteiger charge is -2.33. The van der Waals surface area contributed by atoms with Gasteiger partial charge in [-0.05, 0) is 41.6 Å². The second-order valence-electron chi connectivity index (χ2n) is 5.43. The number of hydrogen-bond acceptors (Lipinski definition) is 3. The van der Waals surface area contributed by atoms with Gasteiger partial charge in [0.1, 0.15) is 0 Å². The van der Waals surface area contributed by atoms with E-state index < -0.39 is 0 Å². The van der Waals surface area contributed by atoms with Crippen LogP contribution < -0.4 is 11.3 Å². The Hall–Kier alpha value is -0.390. The summed E-state index contributed by atoms with van der Waals surface area (Å²) < 4.78 is 3.16. The number of nitrogens with one attached hydrogen (secondary N) is 1. The van der Waals surface area contributed by atoms with E-state index in [9.17, 15) is 0 Å². The van der Waals surface area contributed by atoms with E-state index >= 15 is 0 Å². The summed E-state index contributed by atoms with van der Waals surface area (Å²) in [5, 5.41) is 4.53. The Kier molecular flexibility index (Phi) is 5.37. The highest BCUT2D eigenvalue weighted by molar-refractivity contribution is 9.10. The molecular weight excluding hydrogens is 292 g/mol. The van der Waals surface area contributed by atoms with Crippen LogP contribution in [0.15, 0.2) is 4.47 Å². The van der Waals surface area contributed by atoms with Crippen molar-refractivity contribution >= 4 is 15.9 Å². The lowest BCUT2D eigenvalue weighted by atomic mass is 9.80. The zero-order chi connectivity index (χ0) is 13.9. The van der Waals surface area contributed by atoms with Crippen LogP contribution in [-0.4, -0.2) is 15.8 Å². The molecule has 1 unspecified atom stereocenters. The van der Waals surface area contributed by atoms with Crippen molar-refractivity contribution in [1.29, 1.82) is 0 Å². The molecule has 3 N–H and O–H groups in total. The molecule has 0 saturated heterocycles. The number of halogens is 1. The van der Waals surface area contributed by atoms with E-state index in [2.05, 4.69) is 58.8 Å². The van der Waals surface area contributed by atoms with E-state index in [1.165, 1.54) is 5.69 Å². The topological polar surface area (TPSA) is 55.9 Å². The molecule has 0 radical (unpaired) electrons. The van der Waals surface area contributed by atoms with Gasteiger partial charge in [-0.15, -0.1) is 0 Å². The fourth-order valence-corrected chi connectivity index (χ4v) is 2.51. The van der Waals surface area contributed by atoms with Gasteiger partial charge >= 0.3 is 0 Å². The van der Waals surface area contributed by atoms with Crippen molar-refractivity contribution in [3.8, 4) is 0 Å². The Labute approximate surface area is 118 Å². The van der Waals surface area contributed by atoms with Gasteiger partial charge in [-0.3, -0.25) is 16.0 Å². The summed E-state index contributed by atoms with van der Waals surface area (Å²) in [4.78, 5) is 0. The summed E-state index contributed by atoms with van der Waals surface area (Å²) in [6.07, 6.45) is 1.96. The van der Waals surface area contributed by atoms with Crippen molar-refractivity contribution in [3.63, 3.8) is 0 Å². The molecule has 0 spiro atoms. The third-order valence-corrected chi connectivity index (χ3v) is 4.94. The number of nitrogens with two attached hydrogens (primary N) is 1. The monoisotopic (exact) mass is 316 g/mol. The molecule has 1 atom stereocenters. The summed E-state index contributed by atoms with van der Waals surface area (Å²) in [7, 11) is 0. The van der Waals surface area contributed by atoms with Crippen LogP contribution in [0.1, 0.15) is 45.5 Å². The Morgan fingerprint density at radius 1 is 1.44 bits per heavy atom. The van der Waals surface area contributed by atoms with Gasteiger partial charge < -0.3 is 0 Å². The molecular formula is C13H25BrN4. The number of rotatable bonds is 6.